The summed E-state index contributed by atoms with van der Waals surface area (Å²) in [4.78, 5) is 17.3. The van der Waals surface area contributed by atoms with E-state index in [9.17, 15) is 18.3 Å². The molecule has 1 fully saturated rings. The van der Waals surface area contributed by atoms with Gasteiger partial charge in [0.15, 0.2) is 0 Å². The van der Waals surface area contributed by atoms with E-state index in [0.29, 0.717) is 24.3 Å². The number of anilines is 1. The summed E-state index contributed by atoms with van der Waals surface area (Å²) in [5, 5.41) is 8.37. The van der Waals surface area contributed by atoms with Crippen molar-refractivity contribution < 1.29 is 18.3 Å². The first-order chi connectivity index (χ1) is 16.7. The highest BCUT2D eigenvalue weighted by Crippen LogP contribution is 2.25. The van der Waals surface area contributed by atoms with Crippen molar-refractivity contribution in [2.75, 3.05) is 30.9 Å². The summed E-state index contributed by atoms with van der Waals surface area (Å²) in [7, 11) is -3.87. The molecule has 0 aromatic heterocycles. The monoisotopic (exact) mass is 535 g/mol. The molecule has 1 amide bonds. The number of hydrogen-bond donors (Lipinski definition) is 2. The molecule has 7 nitrogen and oxygen atoms in total. The minimum atomic E-state index is -3.87. The maximum atomic E-state index is 13.2. The molecule has 0 saturated carbocycles. The molecule has 10 heteroatoms. The van der Waals surface area contributed by atoms with Crippen molar-refractivity contribution in [1.82, 2.24) is 9.80 Å². The number of sulfonamides is 1. The van der Waals surface area contributed by atoms with Crippen LogP contribution in [0.25, 0.3) is 0 Å². The summed E-state index contributed by atoms with van der Waals surface area (Å²) in [6.45, 7) is 3.52. The fourth-order valence-electron chi connectivity index (χ4n) is 4.08. The topological polar surface area (TPSA) is 90.0 Å². The number of hydrogen-bond acceptors (Lipinski definition) is 5. The summed E-state index contributed by atoms with van der Waals surface area (Å²) in [5.41, 5.74) is 1.82. The number of alkyl halides is 2. The number of aromatic hydroxyl groups is 1. The van der Waals surface area contributed by atoms with E-state index in [2.05, 4.69) is 9.62 Å². The SMILES string of the molecule is O=C(c1cccc(NS(=O)(=O)C2=CC(Cl)C(Cl)C=C2)c1)N1CCCN(Cc2ccc(O)cc2)CC1. The van der Waals surface area contributed by atoms with Gasteiger partial charge in [-0.15, -0.1) is 23.2 Å². The standard InChI is InChI=1S/C25H27Cl2N3O4S/c26-23-10-9-22(16-24(23)27)35(33,34)28-20-4-1-3-19(15-20)25(32)30-12-2-11-29(13-14-30)17-18-5-7-21(31)8-6-18/h1,3-10,15-16,23-24,28,31H,2,11-14,17H2. The lowest BCUT2D eigenvalue weighted by atomic mass is 10.1. The van der Waals surface area contributed by atoms with Crippen molar-refractivity contribution in [3.05, 3.63) is 82.8 Å². The normalized spacial score (nSPS) is 21.3. The van der Waals surface area contributed by atoms with E-state index in [-0.39, 0.29) is 16.6 Å². The summed E-state index contributed by atoms with van der Waals surface area (Å²) in [6, 6.07) is 13.6. The van der Waals surface area contributed by atoms with Crippen molar-refractivity contribution in [3.63, 3.8) is 0 Å². The number of benzene rings is 2. The van der Waals surface area contributed by atoms with E-state index in [0.717, 1.165) is 31.6 Å². The Bertz CT molecular complexity index is 1230. The molecule has 4 rings (SSSR count). The van der Waals surface area contributed by atoms with E-state index in [1.54, 1.807) is 41.3 Å². The summed E-state index contributed by atoms with van der Waals surface area (Å²) < 4.78 is 28.1. The quantitative estimate of drug-likeness (QED) is 0.542. The average molecular weight is 536 g/mol. The molecule has 0 radical (unpaired) electrons. The first kappa shape index (κ1) is 25.6. The number of phenols is 1. The number of phenolic OH excluding ortho intramolecular Hbond substituents is 1. The Morgan fingerprint density at radius 2 is 1.80 bits per heavy atom. The minimum Gasteiger partial charge on any atom is -0.508 e. The lowest BCUT2D eigenvalue weighted by molar-refractivity contribution is 0.0761. The van der Waals surface area contributed by atoms with E-state index in [1.165, 1.54) is 18.2 Å². The van der Waals surface area contributed by atoms with Crippen molar-refractivity contribution >= 4 is 44.8 Å². The van der Waals surface area contributed by atoms with Gasteiger partial charge >= 0.3 is 0 Å². The second kappa shape index (κ2) is 11.0. The van der Waals surface area contributed by atoms with Crippen LogP contribution >= 0.6 is 23.2 Å². The van der Waals surface area contributed by atoms with Crippen molar-refractivity contribution in [1.29, 1.82) is 0 Å². The number of amides is 1. The molecule has 0 spiro atoms. The molecule has 1 aliphatic heterocycles. The first-order valence-electron chi connectivity index (χ1n) is 11.3. The molecule has 2 aromatic carbocycles. The van der Waals surface area contributed by atoms with Gasteiger partial charge in [0.2, 0.25) is 0 Å². The average Bonchev–Trinajstić information content (AvgIpc) is 3.07. The number of halogens is 2. The summed E-state index contributed by atoms with van der Waals surface area (Å²) in [6.07, 6.45) is 5.20. The van der Waals surface area contributed by atoms with Gasteiger partial charge in [0.05, 0.1) is 15.7 Å². The third-order valence-corrected chi connectivity index (χ3v) is 8.30. The Kier molecular flexibility index (Phi) is 8.06. The van der Waals surface area contributed by atoms with Gasteiger partial charge in [-0.25, -0.2) is 8.42 Å². The lowest BCUT2D eigenvalue weighted by Crippen LogP contribution is -2.35. The zero-order chi connectivity index (χ0) is 25.0. The van der Waals surface area contributed by atoms with Gasteiger partial charge in [-0.1, -0.05) is 24.3 Å². The second-order valence-electron chi connectivity index (χ2n) is 8.59. The molecule has 2 unspecified atom stereocenters. The highest BCUT2D eigenvalue weighted by Gasteiger charge is 2.25. The fourth-order valence-corrected chi connectivity index (χ4v) is 5.66. The van der Waals surface area contributed by atoms with Gasteiger partial charge in [0.1, 0.15) is 5.75 Å². The third-order valence-electron chi connectivity index (χ3n) is 5.96. The zero-order valence-electron chi connectivity index (χ0n) is 19.0. The van der Waals surface area contributed by atoms with Crippen LogP contribution in [-0.2, 0) is 16.6 Å². The van der Waals surface area contributed by atoms with Crippen LogP contribution in [0, 0.1) is 0 Å². The third kappa shape index (κ3) is 6.58. The lowest BCUT2D eigenvalue weighted by Gasteiger charge is -2.22. The number of nitrogens with zero attached hydrogens (tertiary/aromatic N) is 2. The maximum absolute atomic E-state index is 13.2. The van der Waals surface area contributed by atoms with Crippen molar-refractivity contribution in [3.8, 4) is 5.75 Å². The van der Waals surface area contributed by atoms with Gasteiger partial charge in [-0.3, -0.25) is 14.4 Å². The van der Waals surface area contributed by atoms with E-state index < -0.39 is 20.8 Å². The zero-order valence-corrected chi connectivity index (χ0v) is 21.3. The van der Waals surface area contributed by atoms with Crippen LogP contribution in [0.15, 0.2) is 71.7 Å². The van der Waals surface area contributed by atoms with Gasteiger partial charge in [-0.2, -0.15) is 0 Å². The number of rotatable bonds is 6. The molecule has 2 aliphatic rings. The second-order valence-corrected chi connectivity index (χ2v) is 11.3. The van der Waals surface area contributed by atoms with Gasteiger partial charge in [0.25, 0.3) is 15.9 Å². The molecule has 1 heterocycles. The molecule has 2 aromatic rings. The predicted molar refractivity (Wildman–Crippen MR) is 139 cm³/mol. The number of carbonyl (C=O) groups is 1. The Hall–Kier alpha value is -2.52. The van der Waals surface area contributed by atoms with Gasteiger partial charge < -0.3 is 10.0 Å². The van der Waals surface area contributed by atoms with Crippen molar-refractivity contribution in [2.24, 2.45) is 0 Å². The van der Waals surface area contributed by atoms with Crippen LogP contribution in [0.3, 0.4) is 0 Å². The molecule has 2 N–H and O–H groups in total. The highest BCUT2D eigenvalue weighted by molar-refractivity contribution is 7.96. The summed E-state index contributed by atoms with van der Waals surface area (Å²) >= 11 is 12.1. The van der Waals surface area contributed by atoms with Crippen LogP contribution < -0.4 is 4.72 Å². The van der Waals surface area contributed by atoms with Gasteiger partial charge in [0, 0.05) is 44.0 Å². The maximum Gasteiger partial charge on any atom is 0.261 e. The Labute approximate surface area is 215 Å². The predicted octanol–water partition coefficient (Wildman–Crippen LogP) is 4.15. The van der Waals surface area contributed by atoms with Gasteiger partial charge in [-0.05, 0) is 54.5 Å². The summed E-state index contributed by atoms with van der Waals surface area (Å²) in [5.74, 6) is 0.102. The van der Waals surface area contributed by atoms with Crippen molar-refractivity contribution in [2.45, 2.75) is 23.7 Å². The number of allylic oxidation sites excluding steroid dienone is 3. The van der Waals surface area contributed by atoms with E-state index in [4.69, 9.17) is 23.2 Å². The van der Waals surface area contributed by atoms with E-state index in [1.807, 2.05) is 12.1 Å². The molecule has 1 aliphatic carbocycles. The van der Waals surface area contributed by atoms with Crippen LogP contribution in [0.5, 0.6) is 5.75 Å². The molecule has 186 valence electrons. The molecule has 35 heavy (non-hydrogen) atoms. The Morgan fingerprint density at radius 1 is 1.03 bits per heavy atom. The van der Waals surface area contributed by atoms with Crippen LogP contribution in [-0.4, -0.2) is 66.2 Å². The van der Waals surface area contributed by atoms with Crippen LogP contribution in [0.2, 0.25) is 0 Å². The molecule has 2 atom stereocenters. The Morgan fingerprint density at radius 3 is 2.54 bits per heavy atom. The minimum absolute atomic E-state index is 0.0346. The first-order valence-corrected chi connectivity index (χ1v) is 13.7. The smallest absolute Gasteiger partial charge is 0.261 e. The largest absolute Gasteiger partial charge is 0.508 e. The van der Waals surface area contributed by atoms with Crippen LogP contribution in [0.1, 0.15) is 22.3 Å². The Balaban J connectivity index is 1.40. The molecule has 1 saturated heterocycles. The molecular formula is C25H27Cl2N3O4S. The fraction of sp³-hybridized carbons (Fsp3) is 0.320. The molecular weight excluding hydrogens is 509 g/mol. The highest BCUT2D eigenvalue weighted by atomic mass is 35.5. The van der Waals surface area contributed by atoms with Crippen LogP contribution in [0.4, 0.5) is 5.69 Å². The number of nitrogens with one attached hydrogen (secondary N) is 1. The number of carbonyl (C=O) groups excluding carboxylic acids is 1. The molecule has 0 bridgehead atoms. The van der Waals surface area contributed by atoms with E-state index >= 15 is 0 Å².